The molecule has 1 rings (SSSR count). The van der Waals surface area contributed by atoms with Gasteiger partial charge in [-0.15, -0.1) is 0 Å². The highest BCUT2D eigenvalue weighted by Crippen LogP contribution is 2.23. The van der Waals surface area contributed by atoms with Crippen LogP contribution in [0, 0.1) is 0 Å². The number of hydrogen-bond donors (Lipinski definition) is 7. The second kappa shape index (κ2) is 38.1. The predicted molar refractivity (Wildman–Crippen MR) is 241 cm³/mol. The summed E-state index contributed by atoms with van der Waals surface area (Å²) in [6.45, 7) is 5.63. The van der Waals surface area contributed by atoms with Gasteiger partial charge in [-0.2, -0.15) is 0 Å². The van der Waals surface area contributed by atoms with Crippen LogP contribution in [0.15, 0.2) is 36.0 Å². The molecular weight excluding hydrogens is 747 g/mol. The van der Waals surface area contributed by atoms with Gasteiger partial charge >= 0.3 is 0 Å². The van der Waals surface area contributed by atoms with Gasteiger partial charge in [-0.1, -0.05) is 204 Å². The van der Waals surface area contributed by atoms with Gasteiger partial charge in [0.2, 0.25) is 5.91 Å². The minimum absolute atomic E-state index is 0.302. The van der Waals surface area contributed by atoms with Crippen molar-refractivity contribution < 1.29 is 44.9 Å². The van der Waals surface area contributed by atoms with Crippen LogP contribution in [0.25, 0.3) is 0 Å². The number of amides is 1. The van der Waals surface area contributed by atoms with Crippen molar-refractivity contribution in [1.29, 1.82) is 0 Å². The third-order valence-electron chi connectivity index (χ3n) is 11.7. The quantitative estimate of drug-likeness (QED) is 0.0181. The lowest BCUT2D eigenvalue weighted by atomic mass is 9.99. The van der Waals surface area contributed by atoms with E-state index in [1.54, 1.807) is 6.08 Å². The molecule has 0 aromatic carbocycles. The van der Waals surface area contributed by atoms with E-state index in [1.807, 2.05) is 6.08 Å². The molecule has 1 saturated heterocycles. The van der Waals surface area contributed by atoms with Crippen molar-refractivity contribution in [3.8, 4) is 0 Å². The number of ether oxygens (including phenoxy) is 2. The van der Waals surface area contributed by atoms with Crippen molar-refractivity contribution in [3.63, 3.8) is 0 Å². The predicted octanol–water partition coefficient (Wildman–Crippen LogP) is 9.42. The van der Waals surface area contributed by atoms with Crippen LogP contribution in [0.2, 0.25) is 0 Å². The van der Waals surface area contributed by atoms with Gasteiger partial charge in [0, 0.05) is 0 Å². The SMILES string of the molecule is CCCCCCC/C=C/C(C)=C/CC/C=C/[C@@H](O)[C@H](CO[C@H]1O[C@@H](CO)[C@H](O)[C@H](O)[C@@H]1O)NC(=O)[C@H](O)CCCCCCCCCCCCCCCCCCCCCC. The van der Waals surface area contributed by atoms with Crippen molar-refractivity contribution in [2.75, 3.05) is 13.2 Å². The Morgan fingerprint density at radius 1 is 0.644 bits per heavy atom. The largest absolute Gasteiger partial charge is 0.394 e. The molecule has 1 aliphatic heterocycles. The highest BCUT2D eigenvalue weighted by atomic mass is 16.7. The molecule has 1 heterocycles. The van der Waals surface area contributed by atoms with Crippen LogP contribution >= 0.6 is 0 Å². The molecular formula is C49H91NO9. The Hall–Kier alpha value is -1.63. The van der Waals surface area contributed by atoms with E-state index in [4.69, 9.17) is 9.47 Å². The number of carbonyl (C=O) groups is 1. The van der Waals surface area contributed by atoms with Gasteiger partial charge in [-0.3, -0.25) is 4.79 Å². The fourth-order valence-electron chi connectivity index (χ4n) is 7.61. The fraction of sp³-hybridized carbons (Fsp3) is 0.857. The van der Waals surface area contributed by atoms with Gasteiger partial charge in [0.05, 0.1) is 25.4 Å². The molecule has 0 spiro atoms. The first kappa shape index (κ1) is 55.4. The average Bonchev–Trinajstić information content (AvgIpc) is 3.23. The van der Waals surface area contributed by atoms with Crippen LogP contribution in [0.5, 0.6) is 0 Å². The molecule has 10 nitrogen and oxygen atoms in total. The summed E-state index contributed by atoms with van der Waals surface area (Å²) in [5.74, 6) is -0.631. The molecule has 0 unspecified atom stereocenters. The monoisotopic (exact) mass is 838 g/mol. The Kier molecular flexibility index (Phi) is 35.7. The van der Waals surface area contributed by atoms with Crippen molar-refractivity contribution in [3.05, 3.63) is 36.0 Å². The number of unbranched alkanes of at least 4 members (excludes halogenated alkanes) is 25. The van der Waals surface area contributed by atoms with E-state index in [-0.39, 0.29) is 6.61 Å². The number of aliphatic hydroxyl groups is 6. The Morgan fingerprint density at radius 3 is 1.64 bits per heavy atom. The Morgan fingerprint density at radius 2 is 1.14 bits per heavy atom. The lowest BCUT2D eigenvalue weighted by Crippen LogP contribution is -2.60. The van der Waals surface area contributed by atoms with Crippen molar-refractivity contribution in [2.24, 2.45) is 0 Å². The van der Waals surface area contributed by atoms with E-state index >= 15 is 0 Å². The standard InChI is InChI=1S/C49H91NO9/c1-4-6-8-10-12-13-14-15-16-17-18-19-20-21-22-23-24-26-28-32-37-43(53)48(57)50-41(39-58-49-47(56)46(55)45(54)44(38-51)59-49)42(52)36-33-29-31-35-40(3)34-30-27-25-11-9-7-5-2/h30,33-36,41-47,49,51-56H,4-29,31-32,37-39H2,1-3H3,(H,50,57)/b34-30+,36-33+,40-35+/t41-,42+,43+,44-,45-,46-,47-,49-/m0/s1. The number of carbonyl (C=O) groups excluding carboxylic acids is 1. The van der Waals surface area contributed by atoms with Crippen molar-refractivity contribution in [1.82, 2.24) is 5.32 Å². The normalized spacial score (nSPS) is 21.7. The molecule has 8 atom stereocenters. The zero-order chi connectivity index (χ0) is 43.4. The Balaban J connectivity index is 2.42. The molecule has 0 saturated carbocycles. The van der Waals surface area contributed by atoms with Gasteiger partial charge in [0.25, 0.3) is 0 Å². The molecule has 0 radical (unpaired) electrons. The highest BCUT2D eigenvalue weighted by Gasteiger charge is 2.44. The first-order valence-electron chi connectivity index (χ1n) is 24.2. The molecule has 0 aromatic heterocycles. The van der Waals surface area contributed by atoms with E-state index < -0.39 is 61.5 Å². The Labute approximate surface area is 360 Å². The average molecular weight is 838 g/mol. The lowest BCUT2D eigenvalue weighted by Gasteiger charge is -2.40. The lowest BCUT2D eigenvalue weighted by molar-refractivity contribution is -0.302. The van der Waals surface area contributed by atoms with Crippen LogP contribution in [0.1, 0.15) is 207 Å². The maximum Gasteiger partial charge on any atom is 0.249 e. The summed E-state index contributed by atoms with van der Waals surface area (Å²) in [6, 6.07) is -1.01. The number of allylic oxidation sites excluding steroid dienone is 5. The summed E-state index contributed by atoms with van der Waals surface area (Å²) in [7, 11) is 0. The van der Waals surface area contributed by atoms with E-state index in [0.29, 0.717) is 19.3 Å². The van der Waals surface area contributed by atoms with Gasteiger partial charge < -0.3 is 45.4 Å². The van der Waals surface area contributed by atoms with Gasteiger partial charge in [0.15, 0.2) is 6.29 Å². The number of aliphatic hydroxyl groups excluding tert-OH is 6. The number of nitrogens with one attached hydrogen (secondary N) is 1. The van der Waals surface area contributed by atoms with Gasteiger partial charge in [0.1, 0.15) is 30.5 Å². The molecule has 1 aliphatic rings. The Bertz CT molecular complexity index is 1070. The summed E-state index contributed by atoms with van der Waals surface area (Å²) in [5, 5.41) is 64.8. The van der Waals surface area contributed by atoms with Crippen molar-refractivity contribution in [2.45, 2.75) is 256 Å². The summed E-state index contributed by atoms with van der Waals surface area (Å²) < 4.78 is 11.1. The van der Waals surface area contributed by atoms with E-state index in [0.717, 1.165) is 32.1 Å². The minimum Gasteiger partial charge on any atom is -0.394 e. The van der Waals surface area contributed by atoms with Crippen LogP contribution in [-0.4, -0.2) is 98.7 Å². The zero-order valence-corrected chi connectivity index (χ0v) is 37.8. The second-order valence-electron chi connectivity index (χ2n) is 17.2. The molecule has 0 bridgehead atoms. The zero-order valence-electron chi connectivity index (χ0n) is 37.8. The summed E-state index contributed by atoms with van der Waals surface area (Å²) in [5.41, 5.74) is 1.18. The van der Waals surface area contributed by atoms with Crippen molar-refractivity contribution >= 4 is 5.91 Å². The molecule has 7 N–H and O–H groups in total. The smallest absolute Gasteiger partial charge is 0.249 e. The highest BCUT2D eigenvalue weighted by molar-refractivity contribution is 5.80. The van der Waals surface area contributed by atoms with Gasteiger partial charge in [-0.05, 0) is 39.0 Å². The molecule has 1 amide bonds. The molecule has 1 fully saturated rings. The van der Waals surface area contributed by atoms with Crippen LogP contribution in [-0.2, 0) is 14.3 Å². The van der Waals surface area contributed by atoms with E-state index in [9.17, 15) is 35.4 Å². The molecule has 0 aromatic rings. The van der Waals surface area contributed by atoms with Crippen LogP contribution in [0.3, 0.4) is 0 Å². The maximum atomic E-state index is 13.1. The molecule has 0 aliphatic carbocycles. The molecule has 10 heteroatoms. The fourth-order valence-corrected chi connectivity index (χ4v) is 7.61. The first-order valence-corrected chi connectivity index (χ1v) is 24.2. The third kappa shape index (κ3) is 28.6. The molecule has 346 valence electrons. The summed E-state index contributed by atoms with van der Waals surface area (Å²) in [4.78, 5) is 13.1. The summed E-state index contributed by atoms with van der Waals surface area (Å²) in [6.07, 6.45) is 34.9. The van der Waals surface area contributed by atoms with Gasteiger partial charge in [-0.25, -0.2) is 0 Å². The topological polar surface area (TPSA) is 169 Å². The second-order valence-corrected chi connectivity index (χ2v) is 17.2. The van der Waals surface area contributed by atoms with E-state index in [1.165, 1.54) is 140 Å². The van der Waals surface area contributed by atoms with Crippen LogP contribution < -0.4 is 5.32 Å². The number of hydrogen-bond acceptors (Lipinski definition) is 9. The minimum atomic E-state index is -1.62. The number of rotatable bonds is 39. The maximum absolute atomic E-state index is 13.1. The van der Waals surface area contributed by atoms with E-state index in [2.05, 4.69) is 44.3 Å². The van der Waals surface area contributed by atoms with Crippen LogP contribution in [0.4, 0.5) is 0 Å². The third-order valence-corrected chi connectivity index (χ3v) is 11.7. The molecule has 59 heavy (non-hydrogen) atoms. The summed E-state index contributed by atoms with van der Waals surface area (Å²) >= 11 is 0. The first-order chi connectivity index (χ1) is 28.7.